The number of carbonyl (C=O) groups excluding carboxylic acids is 1. The van der Waals surface area contributed by atoms with Gasteiger partial charge in [-0.1, -0.05) is 18.5 Å². The van der Waals surface area contributed by atoms with Gasteiger partial charge in [0.1, 0.15) is 5.75 Å². The molecule has 7 heteroatoms. The fraction of sp³-hybridized carbons (Fsp3) is 0.385. The minimum atomic E-state index is -0.972. The third-order valence-electron chi connectivity index (χ3n) is 2.28. The lowest BCUT2D eigenvalue weighted by molar-refractivity contribution is -0.136. The molecule has 3 N–H and O–H groups in total. The summed E-state index contributed by atoms with van der Waals surface area (Å²) in [5.41, 5.74) is 0.443. The third-order valence-corrected chi connectivity index (χ3v) is 2.51. The largest absolute Gasteiger partial charge is 0.491 e. The minimum Gasteiger partial charge on any atom is -0.491 e. The molecule has 0 atom stereocenters. The maximum atomic E-state index is 11.6. The second kappa shape index (κ2) is 8.27. The summed E-state index contributed by atoms with van der Waals surface area (Å²) in [6, 6.07) is 4.41. The van der Waals surface area contributed by atoms with Crippen molar-refractivity contribution in [2.45, 2.75) is 19.8 Å². The van der Waals surface area contributed by atoms with Crippen molar-refractivity contribution >= 4 is 29.3 Å². The number of urea groups is 1. The molecule has 0 fully saturated rings. The number of carboxylic acid groups (broad SMARTS) is 1. The number of hydrogen-bond donors (Lipinski definition) is 3. The fourth-order valence-corrected chi connectivity index (χ4v) is 1.56. The molecule has 1 rings (SSSR count). The lowest BCUT2D eigenvalue weighted by atomic mass is 10.3. The van der Waals surface area contributed by atoms with Crippen molar-refractivity contribution in [2.24, 2.45) is 0 Å². The molecule has 2 amide bonds. The van der Waals surface area contributed by atoms with Crippen molar-refractivity contribution in [3.63, 3.8) is 0 Å². The molecule has 0 saturated carbocycles. The van der Waals surface area contributed by atoms with Gasteiger partial charge >= 0.3 is 12.0 Å². The molecule has 20 heavy (non-hydrogen) atoms. The van der Waals surface area contributed by atoms with Gasteiger partial charge in [0, 0.05) is 11.6 Å². The number of aliphatic carboxylic acids is 1. The fourth-order valence-electron chi connectivity index (χ4n) is 1.39. The zero-order valence-electron chi connectivity index (χ0n) is 11.1. The van der Waals surface area contributed by atoms with Crippen LogP contribution >= 0.6 is 11.6 Å². The molecule has 0 radical (unpaired) electrons. The first-order valence-electron chi connectivity index (χ1n) is 6.22. The van der Waals surface area contributed by atoms with E-state index in [-0.39, 0.29) is 13.0 Å². The van der Waals surface area contributed by atoms with E-state index in [9.17, 15) is 9.59 Å². The van der Waals surface area contributed by atoms with Gasteiger partial charge < -0.3 is 20.5 Å². The van der Waals surface area contributed by atoms with E-state index in [1.165, 1.54) is 0 Å². The first-order chi connectivity index (χ1) is 9.52. The molecule has 0 spiro atoms. The highest BCUT2D eigenvalue weighted by molar-refractivity contribution is 6.31. The van der Waals surface area contributed by atoms with Crippen LogP contribution in [0.4, 0.5) is 10.5 Å². The molecule has 0 aliphatic heterocycles. The molecule has 0 aromatic heterocycles. The van der Waals surface area contributed by atoms with Gasteiger partial charge in [-0.05, 0) is 24.6 Å². The van der Waals surface area contributed by atoms with Gasteiger partial charge in [-0.2, -0.15) is 0 Å². The van der Waals surface area contributed by atoms with Crippen molar-refractivity contribution in [1.82, 2.24) is 5.32 Å². The number of halogens is 1. The van der Waals surface area contributed by atoms with Crippen LogP contribution in [0.1, 0.15) is 19.8 Å². The van der Waals surface area contributed by atoms with Gasteiger partial charge in [-0.3, -0.25) is 4.79 Å². The van der Waals surface area contributed by atoms with Gasteiger partial charge in [0.2, 0.25) is 0 Å². The highest BCUT2D eigenvalue weighted by Gasteiger charge is 2.09. The van der Waals surface area contributed by atoms with Crippen molar-refractivity contribution in [3.8, 4) is 5.75 Å². The predicted molar refractivity (Wildman–Crippen MR) is 76.5 cm³/mol. The Bertz CT molecular complexity index is 479. The second-order valence-corrected chi connectivity index (χ2v) is 4.45. The van der Waals surface area contributed by atoms with E-state index in [1.54, 1.807) is 18.2 Å². The lowest BCUT2D eigenvalue weighted by Crippen LogP contribution is -2.30. The molecule has 0 aliphatic rings. The molecule has 1 aromatic rings. The summed E-state index contributed by atoms with van der Waals surface area (Å²) in [7, 11) is 0. The van der Waals surface area contributed by atoms with E-state index in [1.807, 2.05) is 6.92 Å². The highest BCUT2D eigenvalue weighted by Crippen LogP contribution is 2.28. The van der Waals surface area contributed by atoms with E-state index in [0.29, 0.717) is 23.1 Å². The Morgan fingerprint density at radius 3 is 2.80 bits per heavy atom. The number of nitrogens with one attached hydrogen (secondary N) is 2. The molecular weight excluding hydrogens is 284 g/mol. The summed E-state index contributed by atoms with van der Waals surface area (Å²) in [4.78, 5) is 22.0. The average Bonchev–Trinajstić information content (AvgIpc) is 2.37. The maximum Gasteiger partial charge on any atom is 0.319 e. The van der Waals surface area contributed by atoms with Crippen molar-refractivity contribution in [3.05, 3.63) is 23.2 Å². The molecule has 0 unspecified atom stereocenters. The molecular formula is C13H17ClN2O4. The number of ether oxygens (including phenoxy) is 1. The SMILES string of the molecule is CCCOc1ccc(Cl)cc1NC(=O)NCCC(=O)O. The molecule has 1 aromatic carbocycles. The smallest absolute Gasteiger partial charge is 0.319 e. The third kappa shape index (κ3) is 5.79. The Morgan fingerprint density at radius 2 is 2.15 bits per heavy atom. The van der Waals surface area contributed by atoms with Gasteiger partial charge in [0.05, 0.1) is 18.7 Å². The quantitative estimate of drug-likeness (QED) is 0.722. The number of carbonyl (C=O) groups is 2. The van der Waals surface area contributed by atoms with Crippen LogP contribution in [0.5, 0.6) is 5.75 Å². The average molecular weight is 301 g/mol. The number of carboxylic acids is 1. The lowest BCUT2D eigenvalue weighted by Gasteiger charge is -2.13. The van der Waals surface area contributed by atoms with Crippen LogP contribution in [-0.4, -0.2) is 30.3 Å². The zero-order chi connectivity index (χ0) is 15.0. The van der Waals surface area contributed by atoms with E-state index in [0.717, 1.165) is 6.42 Å². The summed E-state index contributed by atoms with van der Waals surface area (Å²) in [6.07, 6.45) is 0.703. The summed E-state index contributed by atoms with van der Waals surface area (Å²) < 4.78 is 5.49. The highest BCUT2D eigenvalue weighted by atomic mass is 35.5. The molecule has 0 saturated heterocycles. The Kier molecular flexibility index (Phi) is 6.66. The molecule has 6 nitrogen and oxygen atoms in total. The van der Waals surface area contributed by atoms with Crippen molar-refractivity contribution in [1.29, 1.82) is 0 Å². The number of amides is 2. The van der Waals surface area contributed by atoms with E-state index < -0.39 is 12.0 Å². The number of benzene rings is 1. The van der Waals surface area contributed by atoms with E-state index >= 15 is 0 Å². The topological polar surface area (TPSA) is 87.7 Å². The van der Waals surface area contributed by atoms with Crippen LogP contribution < -0.4 is 15.4 Å². The molecule has 0 bridgehead atoms. The zero-order valence-corrected chi connectivity index (χ0v) is 11.9. The number of rotatable bonds is 7. The summed E-state index contributed by atoms with van der Waals surface area (Å²) in [5, 5.41) is 14.0. The Balaban J connectivity index is 2.62. The molecule has 0 aliphatic carbocycles. The Labute approximate surface area is 122 Å². The molecule has 0 heterocycles. The summed E-state index contributed by atoms with van der Waals surface area (Å²) in [5.74, 6) is -0.454. The Morgan fingerprint density at radius 1 is 1.40 bits per heavy atom. The first kappa shape index (κ1) is 16.1. The second-order valence-electron chi connectivity index (χ2n) is 4.01. The Hall–Kier alpha value is -1.95. The van der Waals surface area contributed by atoms with Gasteiger partial charge in [0.15, 0.2) is 0 Å². The first-order valence-corrected chi connectivity index (χ1v) is 6.59. The van der Waals surface area contributed by atoms with Gasteiger partial charge in [-0.15, -0.1) is 0 Å². The molecule has 110 valence electrons. The van der Waals surface area contributed by atoms with Crippen LogP contribution in [-0.2, 0) is 4.79 Å². The van der Waals surface area contributed by atoms with Crippen LogP contribution in [0.3, 0.4) is 0 Å². The van der Waals surface area contributed by atoms with Crippen LogP contribution in [0.2, 0.25) is 5.02 Å². The predicted octanol–water partition coefficient (Wildman–Crippen LogP) is 2.73. The maximum absolute atomic E-state index is 11.6. The standard InChI is InChI=1S/C13H17ClN2O4/c1-2-7-20-11-4-3-9(14)8-10(11)16-13(19)15-6-5-12(17)18/h3-4,8H,2,5-7H2,1H3,(H,17,18)(H2,15,16,19). The van der Waals surface area contributed by atoms with Crippen LogP contribution in [0, 0.1) is 0 Å². The van der Waals surface area contributed by atoms with Crippen LogP contribution in [0.25, 0.3) is 0 Å². The monoisotopic (exact) mass is 300 g/mol. The summed E-state index contributed by atoms with van der Waals surface area (Å²) in [6.45, 7) is 2.55. The van der Waals surface area contributed by atoms with Gasteiger partial charge in [-0.25, -0.2) is 4.79 Å². The van der Waals surface area contributed by atoms with Gasteiger partial charge in [0.25, 0.3) is 0 Å². The normalized spacial score (nSPS) is 9.90. The van der Waals surface area contributed by atoms with Crippen molar-refractivity contribution < 1.29 is 19.4 Å². The number of anilines is 1. The summed E-state index contributed by atoms with van der Waals surface area (Å²) >= 11 is 5.88. The van der Waals surface area contributed by atoms with Crippen LogP contribution in [0.15, 0.2) is 18.2 Å². The minimum absolute atomic E-state index is 0.0485. The van der Waals surface area contributed by atoms with E-state index in [2.05, 4.69) is 10.6 Å². The number of hydrogen-bond acceptors (Lipinski definition) is 3. The van der Waals surface area contributed by atoms with Crippen molar-refractivity contribution in [2.75, 3.05) is 18.5 Å². The van der Waals surface area contributed by atoms with E-state index in [4.69, 9.17) is 21.4 Å².